The van der Waals surface area contributed by atoms with Crippen LogP contribution in [-0.2, 0) is 21.2 Å². The van der Waals surface area contributed by atoms with Gasteiger partial charge in [0, 0.05) is 32.7 Å². The van der Waals surface area contributed by atoms with E-state index in [0.29, 0.717) is 37.9 Å². The number of piperidine rings is 2. The number of nitrogens with one attached hydrogen (secondary N) is 2. The minimum atomic E-state index is -3.85. The normalized spacial score (nSPS) is 18.0. The fourth-order valence-corrected chi connectivity index (χ4v) is 7.11. The smallest absolute Gasteiger partial charge is 0.241 e. The summed E-state index contributed by atoms with van der Waals surface area (Å²) in [6, 6.07) is 15.4. The predicted octanol–water partition coefficient (Wildman–Crippen LogP) is 3.90. The number of rotatable bonds is 9. The van der Waals surface area contributed by atoms with Gasteiger partial charge >= 0.3 is 0 Å². The van der Waals surface area contributed by atoms with Crippen molar-refractivity contribution in [3.63, 3.8) is 0 Å². The number of carbonyl (C=O) groups is 1. The highest BCUT2D eigenvalue weighted by molar-refractivity contribution is 7.89. The molecule has 2 aliphatic rings. The third-order valence-electron chi connectivity index (χ3n) is 7.95. The molecule has 9 heteroatoms. The molecule has 2 saturated heterocycles. The Labute approximate surface area is 238 Å². The van der Waals surface area contributed by atoms with E-state index in [1.54, 1.807) is 24.3 Å². The van der Waals surface area contributed by atoms with Gasteiger partial charge in [0.15, 0.2) is 5.11 Å². The zero-order chi connectivity index (χ0) is 27.8. The maximum absolute atomic E-state index is 13.7. The highest BCUT2D eigenvalue weighted by Gasteiger charge is 2.35. The van der Waals surface area contributed by atoms with Crippen LogP contribution < -0.4 is 10.0 Å². The Kier molecular flexibility index (Phi) is 10.2. The van der Waals surface area contributed by atoms with E-state index in [-0.39, 0.29) is 10.8 Å². The summed E-state index contributed by atoms with van der Waals surface area (Å²) in [6.07, 6.45) is 6.20. The van der Waals surface area contributed by atoms with Gasteiger partial charge in [-0.25, -0.2) is 8.42 Å². The van der Waals surface area contributed by atoms with E-state index >= 15 is 0 Å². The van der Waals surface area contributed by atoms with Crippen LogP contribution in [-0.4, -0.2) is 68.0 Å². The maximum atomic E-state index is 13.7. The zero-order valence-corrected chi connectivity index (χ0v) is 24.4. The topological polar surface area (TPSA) is 81.8 Å². The Morgan fingerprint density at radius 2 is 1.54 bits per heavy atom. The largest absolute Gasteiger partial charge is 0.359 e. The van der Waals surface area contributed by atoms with Crippen LogP contribution in [0, 0.1) is 18.8 Å². The van der Waals surface area contributed by atoms with Crippen molar-refractivity contribution < 1.29 is 13.2 Å². The third-order valence-corrected chi connectivity index (χ3v) is 9.84. The molecule has 2 heterocycles. The zero-order valence-electron chi connectivity index (χ0n) is 22.7. The molecule has 0 aliphatic carbocycles. The standard InChI is InChI=1S/C30H40N4O3S2/c1-3-17-31-30(38)34-20-15-26(16-21-34)25-13-18-33(19-14-25)29(35)28(22-24-7-5-4-6-8-24)32-39(36,37)27-11-9-23(2)10-12-27/h3-12,25-26,28,32H,1,13-22H2,2H3,(H,31,38). The highest BCUT2D eigenvalue weighted by atomic mass is 32.2. The molecule has 39 heavy (non-hydrogen) atoms. The summed E-state index contributed by atoms with van der Waals surface area (Å²) in [5, 5.41) is 4.02. The van der Waals surface area contributed by atoms with Crippen molar-refractivity contribution in [2.75, 3.05) is 32.7 Å². The van der Waals surface area contributed by atoms with Crippen molar-refractivity contribution in [1.29, 1.82) is 0 Å². The fourth-order valence-electron chi connectivity index (χ4n) is 5.66. The lowest BCUT2D eigenvalue weighted by molar-refractivity contribution is -0.134. The summed E-state index contributed by atoms with van der Waals surface area (Å²) < 4.78 is 29.2. The number of hydrogen-bond donors (Lipinski definition) is 2. The van der Waals surface area contributed by atoms with Crippen molar-refractivity contribution in [1.82, 2.24) is 19.8 Å². The Balaban J connectivity index is 1.37. The number of benzene rings is 2. The van der Waals surface area contributed by atoms with Crippen molar-refractivity contribution in [3.8, 4) is 0 Å². The highest BCUT2D eigenvalue weighted by Crippen LogP contribution is 2.33. The molecule has 0 radical (unpaired) electrons. The van der Waals surface area contributed by atoms with Gasteiger partial charge in [-0.15, -0.1) is 6.58 Å². The van der Waals surface area contributed by atoms with Crippen LogP contribution in [0.25, 0.3) is 0 Å². The molecule has 1 unspecified atom stereocenters. The number of aryl methyl sites for hydroxylation is 1. The monoisotopic (exact) mass is 568 g/mol. The average molecular weight is 569 g/mol. The summed E-state index contributed by atoms with van der Waals surface area (Å²) in [5.74, 6) is 1.05. The molecule has 210 valence electrons. The molecule has 2 aliphatic heterocycles. The molecule has 4 rings (SSSR count). The quantitative estimate of drug-likeness (QED) is 0.353. The molecule has 2 aromatic rings. The van der Waals surface area contributed by atoms with Crippen LogP contribution in [0.2, 0.25) is 0 Å². The van der Waals surface area contributed by atoms with Gasteiger partial charge in [0.2, 0.25) is 15.9 Å². The molecule has 2 N–H and O–H groups in total. The van der Waals surface area contributed by atoms with E-state index in [1.807, 2.05) is 48.2 Å². The van der Waals surface area contributed by atoms with Crippen molar-refractivity contribution in [2.45, 2.75) is 50.0 Å². The second kappa shape index (κ2) is 13.5. The lowest BCUT2D eigenvalue weighted by atomic mass is 9.78. The molecule has 0 aromatic heterocycles. The van der Waals surface area contributed by atoms with Gasteiger partial charge in [-0.3, -0.25) is 4.79 Å². The SMILES string of the molecule is C=CCNC(=S)N1CCC(C2CCN(C(=O)C(Cc3ccccc3)NS(=O)(=O)c3ccc(C)cc3)CC2)CC1. The van der Waals surface area contributed by atoms with Gasteiger partial charge in [0.05, 0.1) is 4.90 Å². The Bertz CT molecular complexity index is 1220. The van der Waals surface area contributed by atoms with Crippen molar-refractivity contribution >= 4 is 33.3 Å². The van der Waals surface area contributed by atoms with E-state index in [9.17, 15) is 13.2 Å². The van der Waals surface area contributed by atoms with Crippen LogP contribution in [0.4, 0.5) is 0 Å². The van der Waals surface area contributed by atoms with E-state index < -0.39 is 16.1 Å². The van der Waals surface area contributed by atoms with Crippen LogP contribution in [0.5, 0.6) is 0 Å². The summed E-state index contributed by atoms with van der Waals surface area (Å²) >= 11 is 5.50. The lowest BCUT2D eigenvalue weighted by Crippen LogP contribution is -2.52. The van der Waals surface area contributed by atoms with Crippen LogP contribution >= 0.6 is 12.2 Å². The maximum Gasteiger partial charge on any atom is 0.241 e. The number of nitrogens with zero attached hydrogens (tertiary/aromatic N) is 2. The molecule has 0 saturated carbocycles. The molecule has 7 nitrogen and oxygen atoms in total. The number of carbonyl (C=O) groups excluding carboxylic acids is 1. The van der Waals surface area contributed by atoms with Gasteiger partial charge < -0.3 is 15.1 Å². The lowest BCUT2D eigenvalue weighted by Gasteiger charge is -2.41. The first-order valence-electron chi connectivity index (χ1n) is 13.8. The molecular formula is C30H40N4O3S2. The minimum absolute atomic E-state index is 0.151. The van der Waals surface area contributed by atoms with Gasteiger partial charge in [-0.2, -0.15) is 4.72 Å². The summed E-state index contributed by atoms with van der Waals surface area (Å²) in [5.41, 5.74) is 1.90. The first kappa shape index (κ1) is 29.2. The van der Waals surface area contributed by atoms with Gasteiger partial charge in [0.25, 0.3) is 0 Å². The summed E-state index contributed by atoms with van der Waals surface area (Å²) in [6.45, 7) is 9.53. The van der Waals surface area contributed by atoms with Gasteiger partial charge in [-0.1, -0.05) is 54.1 Å². The van der Waals surface area contributed by atoms with Crippen molar-refractivity contribution in [3.05, 3.63) is 78.4 Å². The van der Waals surface area contributed by atoms with E-state index in [2.05, 4.69) is 21.5 Å². The van der Waals surface area contributed by atoms with E-state index in [1.165, 1.54) is 0 Å². The first-order chi connectivity index (χ1) is 18.8. The fraction of sp³-hybridized carbons (Fsp3) is 0.467. The average Bonchev–Trinajstić information content (AvgIpc) is 2.96. The molecular weight excluding hydrogens is 528 g/mol. The number of hydrogen-bond acceptors (Lipinski definition) is 4. The number of sulfonamides is 1. The minimum Gasteiger partial charge on any atom is -0.359 e. The molecule has 2 aromatic carbocycles. The third kappa shape index (κ3) is 7.90. The first-order valence-corrected chi connectivity index (χ1v) is 15.7. The molecule has 1 amide bonds. The Morgan fingerprint density at radius 3 is 2.10 bits per heavy atom. The van der Waals surface area contributed by atoms with Crippen LogP contribution in [0.15, 0.2) is 72.1 Å². The predicted molar refractivity (Wildman–Crippen MR) is 160 cm³/mol. The van der Waals surface area contributed by atoms with Gasteiger partial charge in [-0.05, 0) is 80.8 Å². The number of amides is 1. The molecule has 1 atom stereocenters. The van der Waals surface area contributed by atoms with E-state index in [4.69, 9.17) is 12.2 Å². The molecule has 2 fully saturated rings. The second-order valence-corrected chi connectivity index (χ2v) is 12.7. The van der Waals surface area contributed by atoms with Crippen LogP contribution in [0.1, 0.15) is 36.8 Å². The van der Waals surface area contributed by atoms with Crippen molar-refractivity contribution in [2.24, 2.45) is 11.8 Å². The molecule has 0 spiro atoms. The number of likely N-dealkylation sites (tertiary alicyclic amines) is 2. The Morgan fingerprint density at radius 1 is 0.974 bits per heavy atom. The second-order valence-electron chi connectivity index (χ2n) is 10.6. The number of thiocarbonyl (C=S) groups is 1. The van der Waals surface area contributed by atoms with E-state index in [0.717, 1.165) is 55.0 Å². The summed E-state index contributed by atoms with van der Waals surface area (Å²) in [4.78, 5) is 18.0. The van der Waals surface area contributed by atoms with Crippen LogP contribution in [0.3, 0.4) is 0 Å². The van der Waals surface area contributed by atoms with Gasteiger partial charge in [0.1, 0.15) is 6.04 Å². The Hall–Kier alpha value is -2.75. The summed E-state index contributed by atoms with van der Waals surface area (Å²) in [7, 11) is -3.85. The molecule has 0 bridgehead atoms.